The van der Waals surface area contributed by atoms with Crippen molar-refractivity contribution < 1.29 is 13.7 Å². The molecular weight excluding hydrogens is 247 g/mol. The molecule has 2 rings (SSSR count). The number of hydrogen-bond donors (Lipinski definition) is 1. The lowest BCUT2D eigenvalue weighted by atomic mass is 10.0. The first-order valence-electron chi connectivity index (χ1n) is 4.79. The van der Waals surface area contributed by atoms with E-state index in [1.165, 1.54) is 19.2 Å². The van der Waals surface area contributed by atoms with Crippen molar-refractivity contribution in [2.45, 2.75) is 6.92 Å². The van der Waals surface area contributed by atoms with E-state index in [1.807, 2.05) is 0 Å². The molecule has 0 bridgehead atoms. The van der Waals surface area contributed by atoms with E-state index in [4.69, 9.17) is 26.6 Å². The van der Waals surface area contributed by atoms with Crippen LogP contribution in [0, 0.1) is 12.7 Å². The number of nitrogens with two attached hydrogens (primary N) is 1. The molecule has 90 valence electrons. The van der Waals surface area contributed by atoms with E-state index in [9.17, 15) is 4.39 Å². The Bertz CT molecular complexity index is 569. The average Bonchev–Trinajstić information content (AvgIpc) is 2.69. The molecule has 0 spiro atoms. The van der Waals surface area contributed by atoms with Gasteiger partial charge in [-0.05, 0) is 18.6 Å². The van der Waals surface area contributed by atoms with Gasteiger partial charge in [0, 0.05) is 11.1 Å². The average molecular weight is 257 g/mol. The molecule has 2 aromatic rings. The Morgan fingerprint density at radius 2 is 2.18 bits per heavy atom. The second-order valence-electron chi connectivity index (χ2n) is 3.49. The highest BCUT2D eigenvalue weighted by molar-refractivity contribution is 6.31. The van der Waals surface area contributed by atoms with Gasteiger partial charge >= 0.3 is 0 Å². The van der Waals surface area contributed by atoms with Crippen LogP contribution in [0.4, 0.5) is 10.2 Å². The molecule has 4 nitrogen and oxygen atoms in total. The lowest BCUT2D eigenvalue weighted by molar-refractivity contribution is 0.382. The molecule has 0 aliphatic carbocycles. The van der Waals surface area contributed by atoms with Crippen LogP contribution in [0.2, 0.25) is 5.02 Å². The van der Waals surface area contributed by atoms with Gasteiger partial charge in [-0.15, -0.1) is 0 Å². The van der Waals surface area contributed by atoms with Crippen molar-refractivity contribution in [3.05, 3.63) is 28.5 Å². The van der Waals surface area contributed by atoms with E-state index < -0.39 is 5.82 Å². The molecule has 6 heteroatoms. The van der Waals surface area contributed by atoms with E-state index in [2.05, 4.69) is 5.16 Å². The van der Waals surface area contributed by atoms with E-state index in [-0.39, 0.29) is 16.6 Å². The third kappa shape index (κ3) is 1.93. The topological polar surface area (TPSA) is 61.3 Å². The molecule has 1 aromatic heterocycles. The normalized spacial score (nSPS) is 10.6. The minimum Gasteiger partial charge on any atom is -0.493 e. The summed E-state index contributed by atoms with van der Waals surface area (Å²) in [4.78, 5) is 0. The molecular formula is C11H10ClFN2O2. The molecule has 2 N–H and O–H groups in total. The van der Waals surface area contributed by atoms with Crippen LogP contribution in [0.25, 0.3) is 11.3 Å². The summed E-state index contributed by atoms with van der Waals surface area (Å²) < 4.78 is 23.7. The van der Waals surface area contributed by atoms with Crippen molar-refractivity contribution in [3.63, 3.8) is 0 Å². The summed E-state index contributed by atoms with van der Waals surface area (Å²) >= 11 is 5.92. The second-order valence-corrected chi connectivity index (χ2v) is 3.90. The van der Waals surface area contributed by atoms with Crippen LogP contribution in [-0.2, 0) is 0 Å². The molecule has 0 saturated heterocycles. The maximum absolute atomic E-state index is 13.7. The largest absolute Gasteiger partial charge is 0.493 e. The summed E-state index contributed by atoms with van der Waals surface area (Å²) in [5, 5.41) is 3.84. The Balaban J connectivity index is 2.74. The number of nitrogens with zero attached hydrogens (tertiary/aromatic N) is 1. The summed E-state index contributed by atoms with van der Waals surface area (Å²) in [7, 11) is 1.37. The van der Waals surface area contributed by atoms with Gasteiger partial charge in [0.1, 0.15) is 0 Å². The van der Waals surface area contributed by atoms with Crippen LogP contribution >= 0.6 is 11.6 Å². The molecule has 1 heterocycles. The SMILES string of the molecule is COc1c(F)cc(Cl)c(C)c1-c1cc(N)no1. The Morgan fingerprint density at radius 1 is 1.47 bits per heavy atom. The highest BCUT2D eigenvalue weighted by Gasteiger charge is 2.20. The van der Waals surface area contributed by atoms with Crippen LogP contribution < -0.4 is 10.5 Å². The predicted octanol–water partition coefficient (Wildman–Crippen LogP) is 3.03. The molecule has 0 atom stereocenters. The van der Waals surface area contributed by atoms with Crippen molar-refractivity contribution >= 4 is 17.4 Å². The van der Waals surface area contributed by atoms with Gasteiger partial charge in [0.05, 0.1) is 12.7 Å². The Kier molecular flexibility index (Phi) is 2.93. The molecule has 0 fully saturated rings. The Hall–Kier alpha value is -1.75. The van der Waals surface area contributed by atoms with E-state index in [0.717, 1.165) is 0 Å². The van der Waals surface area contributed by atoms with Gasteiger partial charge in [-0.25, -0.2) is 4.39 Å². The van der Waals surface area contributed by atoms with Crippen LogP contribution in [0.15, 0.2) is 16.7 Å². The van der Waals surface area contributed by atoms with Crippen LogP contribution in [0.3, 0.4) is 0 Å². The molecule has 0 unspecified atom stereocenters. The van der Waals surface area contributed by atoms with E-state index >= 15 is 0 Å². The number of hydrogen-bond acceptors (Lipinski definition) is 4. The fourth-order valence-electron chi connectivity index (χ4n) is 1.60. The monoisotopic (exact) mass is 256 g/mol. The van der Waals surface area contributed by atoms with Gasteiger partial charge in [-0.1, -0.05) is 16.8 Å². The highest BCUT2D eigenvalue weighted by Crippen LogP contribution is 2.39. The van der Waals surface area contributed by atoms with Gasteiger partial charge < -0.3 is 15.0 Å². The number of ether oxygens (including phenoxy) is 1. The van der Waals surface area contributed by atoms with Gasteiger partial charge in [0.25, 0.3) is 0 Å². The minimum absolute atomic E-state index is 0.0584. The van der Waals surface area contributed by atoms with Gasteiger partial charge in [0.2, 0.25) is 0 Å². The fourth-order valence-corrected chi connectivity index (χ4v) is 1.79. The number of methoxy groups -OCH3 is 1. The summed E-state index contributed by atoms with van der Waals surface area (Å²) in [6.07, 6.45) is 0. The maximum atomic E-state index is 13.7. The maximum Gasteiger partial charge on any atom is 0.173 e. The quantitative estimate of drug-likeness (QED) is 0.897. The third-order valence-electron chi connectivity index (χ3n) is 2.41. The third-order valence-corrected chi connectivity index (χ3v) is 2.80. The number of benzene rings is 1. The van der Waals surface area contributed by atoms with Gasteiger partial charge in [-0.2, -0.15) is 0 Å². The lowest BCUT2D eigenvalue weighted by Crippen LogP contribution is -1.95. The molecule has 0 aliphatic heterocycles. The van der Waals surface area contributed by atoms with Crippen LogP contribution in [0.1, 0.15) is 5.56 Å². The summed E-state index contributed by atoms with van der Waals surface area (Å²) in [6, 6.07) is 2.68. The number of aromatic nitrogens is 1. The molecule has 17 heavy (non-hydrogen) atoms. The lowest BCUT2D eigenvalue weighted by Gasteiger charge is -2.11. The number of anilines is 1. The van der Waals surface area contributed by atoms with Crippen molar-refractivity contribution in [1.29, 1.82) is 0 Å². The molecule has 0 amide bonds. The Morgan fingerprint density at radius 3 is 2.71 bits per heavy atom. The first kappa shape index (κ1) is 11.7. The van der Waals surface area contributed by atoms with Gasteiger partial charge in [-0.3, -0.25) is 0 Å². The number of rotatable bonds is 2. The van der Waals surface area contributed by atoms with Crippen LogP contribution in [0.5, 0.6) is 5.75 Å². The zero-order valence-corrected chi connectivity index (χ0v) is 10.0. The highest BCUT2D eigenvalue weighted by atomic mass is 35.5. The zero-order valence-electron chi connectivity index (χ0n) is 9.25. The molecule has 0 saturated carbocycles. The van der Waals surface area contributed by atoms with Crippen molar-refractivity contribution in [1.82, 2.24) is 5.16 Å². The zero-order chi connectivity index (χ0) is 12.6. The van der Waals surface area contributed by atoms with Crippen molar-refractivity contribution in [3.8, 4) is 17.1 Å². The minimum atomic E-state index is -0.562. The summed E-state index contributed by atoms with van der Waals surface area (Å²) in [5.74, 6) is 0.0243. The summed E-state index contributed by atoms with van der Waals surface area (Å²) in [5.41, 5.74) is 6.52. The first-order chi connectivity index (χ1) is 8.04. The summed E-state index contributed by atoms with van der Waals surface area (Å²) in [6.45, 7) is 1.73. The first-order valence-corrected chi connectivity index (χ1v) is 5.17. The number of halogens is 2. The standard InChI is InChI=1S/C11H10ClFN2O2/c1-5-6(12)3-7(13)11(16-2)10(5)8-4-9(14)15-17-8/h3-4H,1-2H3,(H2,14,15). The Labute approximate surface area is 102 Å². The fraction of sp³-hybridized carbons (Fsp3) is 0.182. The van der Waals surface area contributed by atoms with E-state index in [1.54, 1.807) is 6.92 Å². The second kappa shape index (κ2) is 4.25. The molecule has 0 radical (unpaired) electrons. The van der Waals surface area contributed by atoms with Crippen molar-refractivity contribution in [2.24, 2.45) is 0 Å². The smallest absolute Gasteiger partial charge is 0.173 e. The number of nitrogen functional groups attached to an aromatic ring is 1. The predicted molar refractivity (Wildman–Crippen MR) is 62.6 cm³/mol. The molecule has 1 aromatic carbocycles. The van der Waals surface area contributed by atoms with Crippen molar-refractivity contribution in [2.75, 3.05) is 12.8 Å². The van der Waals surface area contributed by atoms with Gasteiger partial charge in [0.15, 0.2) is 23.1 Å². The van der Waals surface area contributed by atoms with E-state index in [0.29, 0.717) is 16.9 Å². The van der Waals surface area contributed by atoms with Crippen LogP contribution in [-0.4, -0.2) is 12.3 Å². The molecule has 0 aliphatic rings.